The fraction of sp³-hybridized carbons (Fsp3) is 0.682. The molecule has 1 atom stereocenters. The molecule has 0 aliphatic heterocycles. The van der Waals surface area contributed by atoms with E-state index in [1.165, 1.54) is 5.56 Å². The smallest absolute Gasteiger partial charge is 0.213 e. The van der Waals surface area contributed by atoms with E-state index in [1.807, 2.05) is 0 Å². The molecule has 0 amide bonds. The molecule has 1 aromatic rings. The monoisotopic (exact) mass is 361 g/mol. The Labute approximate surface area is 157 Å². The van der Waals surface area contributed by atoms with E-state index in [-0.39, 0.29) is 5.41 Å². The Hall–Kier alpha value is -0.933. The molecule has 0 aliphatic rings. The van der Waals surface area contributed by atoms with Crippen molar-refractivity contribution in [1.82, 2.24) is 0 Å². The van der Waals surface area contributed by atoms with Crippen molar-refractivity contribution in [2.24, 2.45) is 5.41 Å². The van der Waals surface area contributed by atoms with Crippen LogP contribution in [0.1, 0.15) is 72.3 Å². The van der Waals surface area contributed by atoms with Crippen LogP contribution in [-0.4, -0.2) is 21.4 Å². The van der Waals surface area contributed by atoms with Crippen molar-refractivity contribution in [3.8, 4) is 0 Å². The standard InChI is InChI=1S/C22H37O2Si/c1-19(23)18-22(5,16-14-20-12-8-7-9-13-20)15-10-11-17-24-25(6)21(2,3)4/h7-9,12-13H,10-11,14-18H2,1-6H3. The number of ketones is 1. The predicted molar refractivity (Wildman–Crippen MR) is 109 cm³/mol. The summed E-state index contributed by atoms with van der Waals surface area (Å²) in [5.41, 5.74) is 1.47. The lowest BCUT2D eigenvalue weighted by atomic mass is 9.76. The van der Waals surface area contributed by atoms with E-state index in [0.29, 0.717) is 17.2 Å². The lowest BCUT2D eigenvalue weighted by Gasteiger charge is -2.29. The van der Waals surface area contributed by atoms with Crippen molar-refractivity contribution in [2.45, 2.75) is 84.7 Å². The van der Waals surface area contributed by atoms with Gasteiger partial charge in [-0.25, -0.2) is 0 Å². The summed E-state index contributed by atoms with van der Waals surface area (Å²) < 4.78 is 6.07. The van der Waals surface area contributed by atoms with E-state index in [9.17, 15) is 4.79 Å². The van der Waals surface area contributed by atoms with Gasteiger partial charge in [-0.2, -0.15) is 0 Å². The van der Waals surface area contributed by atoms with Gasteiger partial charge in [0.1, 0.15) is 5.78 Å². The molecule has 25 heavy (non-hydrogen) atoms. The van der Waals surface area contributed by atoms with E-state index in [0.717, 1.165) is 38.7 Å². The molecule has 0 heterocycles. The van der Waals surface area contributed by atoms with Gasteiger partial charge in [-0.05, 0) is 55.2 Å². The van der Waals surface area contributed by atoms with Crippen molar-refractivity contribution in [2.75, 3.05) is 6.61 Å². The Morgan fingerprint density at radius 2 is 1.68 bits per heavy atom. The van der Waals surface area contributed by atoms with Crippen LogP contribution in [0.15, 0.2) is 30.3 Å². The van der Waals surface area contributed by atoms with E-state index in [4.69, 9.17) is 4.43 Å². The summed E-state index contributed by atoms with van der Waals surface area (Å²) in [5.74, 6) is 0.304. The number of carbonyl (C=O) groups excluding carboxylic acids is 1. The quantitative estimate of drug-likeness (QED) is 0.346. The normalized spacial score (nSPS) is 14.5. The van der Waals surface area contributed by atoms with E-state index < -0.39 is 9.04 Å². The van der Waals surface area contributed by atoms with Crippen molar-refractivity contribution < 1.29 is 9.22 Å². The number of unbranched alkanes of at least 4 members (excludes halogenated alkanes) is 1. The Morgan fingerprint density at radius 3 is 2.24 bits per heavy atom. The minimum atomic E-state index is -0.739. The van der Waals surface area contributed by atoms with Crippen LogP contribution in [0.5, 0.6) is 0 Å². The van der Waals surface area contributed by atoms with Crippen molar-refractivity contribution in [3.63, 3.8) is 0 Å². The lowest BCUT2D eigenvalue weighted by Crippen LogP contribution is -2.26. The molecule has 0 bridgehead atoms. The van der Waals surface area contributed by atoms with Gasteiger partial charge in [-0.3, -0.25) is 0 Å². The van der Waals surface area contributed by atoms with E-state index >= 15 is 0 Å². The van der Waals surface area contributed by atoms with Gasteiger partial charge >= 0.3 is 0 Å². The van der Waals surface area contributed by atoms with Crippen LogP contribution in [0.3, 0.4) is 0 Å². The molecule has 0 saturated carbocycles. The van der Waals surface area contributed by atoms with E-state index in [2.05, 4.69) is 64.6 Å². The summed E-state index contributed by atoms with van der Waals surface area (Å²) in [6.07, 6.45) is 6.14. The van der Waals surface area contributed by atoms with E-state index in [1.54, 1.807) is 6.92 Å². The fourth-order valence-corrected chi connectivity index (χ4v) is 3.97. The third-order valence-corrected chi connectivity index (χ3v) is 7.83. The summed E-state index contributed by atoms with van der Waals surface area (Å²) in [7, 11) is -0.739. The number of carbonyl (C=O) groups is 1. The zero-order valence-corrected chi connectivity index (χ0v) is 18.2. The zero-order chi connectivity index (χ0) is 18.9. The Bertz CT molecular complexity index is 507. The summed E-state index contributed by atoms with van der Waals surface area (Å²) in [6.45, 7) is 13.9. The second kappa shape index (κ2) is 10.3. The zero-order valence-electron chi connectivity index (χ0n) is 17.2. The molecule has 2 nitrogen and oxygen atoms in total. The molecule has 1 rings (SSSR count). The van der Waals surface area contributed by atoms with Crippen molar-refractivity contribution in [1.29, 1.82) is 0 Å². The first kappa shape index (κ1) is 22.1. The van der Waals surface area contributed by atoms with Gasteiger partial charge in [0.15, 0.2) is 0 Å². The van der Waals surface area contributed by atoms with Gasteiger partial charge in [0.2, 0.25) is 9.04 Å². The number of benzene rings is 1. The maximum atomic E-state index is 11.7. The topological polar surface area (TPSA) is 26.3 Å². The minimum absolute atomic E-state index is 0.103. The summed E-state index contributed by atoms with van der Waals surface area (Å²) in [6, 6.07) is 10.6. The third-order valence-electron chi connectivity index (χ3n) is 5.09. The highest BCUT2D eigenvalue weighted by Gasteiger charge is 2.26. The van der Waals surface area contributed by atoms with Crippen LogP contribution < -0.4 is 0 Å². The van der Waals surface area contributed by atoms with Gasteiger partial charge in [0.25, 0.3) is 0 Å². The van der Waals surface area contributed by atoms with Crippen molar-refractivity contribution >= 4 is 14.8 Å². The number of aryl methyl sites for hydroxylation is 1. The first-order valence-corrected chi connectivity index (χ1v) is 11.5. The Kier molecular flexibility index (Phi) is 9.08. The maximum Gasteiger partial charge on any atom is 0.213 e. The molecule has 0 N–H and O–H groups in total. The SMILES string of the molecule is CC(=O)CC(C)(CCCCO[Si](C)C(C)(C)C)CCc1ccccc1. The average molecular weight is 362 g/mol. The molecule has 1 unspecified atom stereocenters. The molecule has 0 fully saturated rings. The molecule has 0 aromatic heterocycles. The highest BCUT2D eigenvalue weighted by molar-refractivity contribution is 6.53. The lowest BCUT2D eigenvalue weighted by molar-refractivity contribution is -0.119. The van der Waals surface area contributed by atoms with Crippen LogP contribution in [0.4, 0.5) is 0 Å². The molecule has 3 heteroatoms. The minimum Gasteiger partial charge on any atom is -0.416 e. The highest BCUT2D eigenvalue weighted by atomic mass is 28.3. The van der Waals surface area contributed by atoms with Crippen LogP contribution in [0.2, 0.25) is 11.6 Å². The van der Waals surface area contributed by atoms with Gasteiger partial charge in [-0.15, -0.1) is 0 Å². The molecule has 0 saturated heterocycles. The number of Topliss-reactive ketones (excluding diaryl/α,β-unsaturated/α-hetero) is 1. The Morgan fingerprint density at radius 1 is 1.04 bits per heavy atom. The van der Waals surface area contributed by atoms with Gasteiger partial charge in [-0.1, -0.05) is 64.4 Å². The van der Waals surface area contributed by atoms with Gasteiger partial charge in [0.05, 0.1) is 0 Å². The number of hydrogen-bond donors (Lipinski definition) is 0. The molecular weight excluding hydrogens is 324 g/mol. The van der Waals surface area contributed by atoms with Crippen molar-refractivity contribution in [3.05, 3.63) is 35.9 Å². The summed E-state index contributed by atoms with van der Waals surface area (Å²) in [4.78, 5) is 11.7. The maximum absolute atomic E-state index is 11.7. The van der Waals surface area contributed by atoms with Crippen LogP contribution in [0.25, 0.3) is 0 Å². The molecule has 0 aliphatic carbocycles. The van der Waals surface area contributed by atoms with Crippen LogP contribution in [-0.2, 0) is 15.6 Å². The molecule has 1 aromatic carbocycles. The summed E-state index contributed by atoms with van der Waals surface area (Å²) in [5, 5.41) is 0.295. The van der Waals surface area contributed by atoms with Crippen LogP contribution in [0, 0.1) is 5.41 Å². The number of hydrogen-bond acceptors (Lipinski definition) is 2. The average Bonchev–Trinajstić information content (AvgIpc) is 2.52. The summed E-state index contributed by atoms with van der Waals surface area (Å²) >= 11 is 0. The second-order valence-corrected chi connectivity index (χ2v) is 11.7. The Balaban J connectivity index is 2.42. The first-order chi connectivity index (χ1) is 11.6. The fourth-order valence-electron chi connectivity index (χ4n) is 3.09. The largest absolute Gasteiger partial charge is 0.416 e. The predicted octanol–water partition coefficient (Wildman–Crippen LogP) is 6.21. The molecule has 141 valence electrons. The second-order valence-electron chi connectivity index (χ2n) is 8.79. The molecule has 1 radical (unpaired) electrons. The number of rotatable bonds is 11. The molecular formula is C22H37O2Si. The molecule has 0 spiro atoms. The highest BCUT2D eigenvalue weighted by Crippen LogP contribution is 2.34. The first-order valence-electron chi connectivity index (χ1n) is 9.63. The van der Waals surface area contributed by atoms with Gasteiger partial charge < -0.3 is 9.22 Å². The third kappa shape index (κ3) is 9.36. The van der Waals surface area contributed by atoms with Crippen LogP contribution >= 0.6 is 0 Å². The van der Waals surface area contributed by atoms with Gasteiger partial charge in [0, 0.05) is 13.0 Å².